The molecule has 2 heterocycles. The van der Waals surface area contributed by atoms with Crippen LogP contribution in [0.25, 0.3) is 0 Å². The van der Waals surface area contributed by atoms with Crippen LogP contribution in [0.1, 0.15) is 49.0 Å². The van der Waals surface area contributed by atoms with Gasteiger partial charge in [-0.1, -0.05) is 0 Å². The lowest BCUT2D eigenvalue weighted by Crippen LogP contribution is -2.53. The summed E-state index contributed by atoms with van der Waals surface area (Å²) in [5.74, 6) is -1.21. The second kappa shape index (κ2) is 15.1. The maximum Gasteiger partial charge on any atom is 0.271 e. The van der Waals surface area contributed by atoms with E-state index in [1.807, 2.05) is 19.0 Å². The van der Waals surface area contributed by atoms with Crippen LogP contribution >= 0.6 is 0 Å². The van der Waals surface area contributed by atoms with Gasteiger partial charge in [-0.3, -0.25) is 29.6 Å². The first kappa shape index (κ1) is 30.7. The second-order valence-electron chi connectivity index (χ2n) is 10.6. The molecule has 2 fully saturated rings. The maximum atomic E-state index is 13.6. The molecule has 40 heavy (non-hydrogen) atoms. The van der Waals surface area contributed by atoms with Crippen LogP contribution in [0.5, 0.6) is 0 Å². The number of hydrogen-bond donors (Lipinski definition) is 5. The van der Waals surface area contributed by atoms with E-state index in [4.69, 9.17) is 11.1 Å². The van der Waals surface area contributed by atoms with Crippen LogP contribution in [0.2, 0.25) is 0 Å². The Morgan fingerprint density at radius 2 is 1.90 bits per heavy atom. The average molecular weight is 559 g/mol. The third-order valence-electron chi connectivity index (χ3n) is 6.96. The number of nitrogens with zero attached hydrogens (tertiary/aromatic N) is 5. The highest BCUT2D eigenvalue weighted by Gasteiger charge is 2.37. The zero-order chi connectivity index (χ0) is 29.1. The largest absolute Gasteiger partial charge is 0.370 e. The van der Waals surface area contributed by atoms with E-state index >= 15 is 0 Å². The van der Waals surface area contributed by atoms with E-state index in [2.05, 4.69) is 25.9 Å². The zero-order valence-electron chi connectivity index (χ0n) is 23.4. The van der Waals surface area contributed by atoms with Gasteiger partial charge in [0.2, 0.25) is 17.7 Å². The quantitative estimate of drug-likeness (QED) is 0.137. The smallest absolute Gasteiger partial charge is 0.271 e. The summed E-state index contributed by atoms with van der Waals surface area (Å²) in [5.41, 5.74) is 5.80. The number of rotatable bonds is 14. The van der Waals surface area contributed by atoms with E-state index in [-0.39, 0.29) is 67.3 Å². The minimum atomic E-state index is -1.02. The first-order valence-corrected chi connectivity index (χ1v) is 13.8. The van der Waals surface area contributed by atoms with E-state index in [9.17, 15) is 19.2 Å². The summed E-state index contributed by atoms with van der Waals surface area (Å²) >= 11 is 0. The van der Waals surface area contributed by atoms with Crippen molar-refractivity contribution in [2.45, 2.75) is 50.6 Å². The molecule has 0 spiro atoms. The van der Waals surface area contributed by atoms with E-state index in [1.54, 1.807) is 9.80 Å². The fourth-order valence-corrected chi connectivity index (χ4v) is 4.61. The van der Waals surface area contributed by atoms with Crippen molar-refractivity contribution in [1.29, 1.82) is 5.41 Å². The number of carbonyl (C=O) groups excluding carboxylic acids is 4. The Hall–Kier alpha value is -3.81. The summed E-state index contributed by atoms with van der Waals surface area (Å²) in [7, 11) is 3.71. The van der Waals surface area contributed by atoms with Crippen molar-refractivity contribution in [1.82, 2.24) is 40.6 Å². The molecule has 0 unspecified atom stereocenters. The summed E-state index contributed by atoms with van der Waals surface area (Å²) in [6.45, 7) is 2.66. The minimum absolute atomic E-state index is 0.00459. The maximum absolute atomic E-state index is 13.6. The van der Waals surface area contributed by atoms with Crippen molar-refractivity contribution in [3.63, 3.8) is 0 Å². The molecule has 0 radical (unpaired) electrons. The van der Waals surface area contributed by atoms with Crippen LogP contribution in [-0.2, 0) is 14.4 Å². The van der Waals surface area contributed by atoms with Crippen LogP contribution in [0.15, 0.2) is 18.6 Å². The fourth-order valence-electron chi connectivity index (χ4n) is 4.61. The lowest BCUT2D eigenvalue weighted by Gasteiger charge is -2.33. The van der Waals surface area contributed by atoms with E-state index < -0.39 is 11.9 Å². The van der Waals surface area contributed by atoms with Gasteiger partial charge < -0.3 is 36.4 Å². The molecule has 1 saturated heterocycles. The highest BCUT2D eigenvalue weighted by molar-refractivity contribution is 5.93. The number of carbonyl (C=O) groups is 4. The average Bonchev–Trinajstić information content (AvgIpc) is 3.78. The highest BCUT2D eigenvalue weighted by atomic mass is 16.2. The molecule has 0 aromatic carbocycles. The molecule has 14 nitrogen and oxygen atoms in total. The molecule has 0 bridgehead atoms. The van der Waals surface area contributed by atoms with Gasteiger partial charge in [0.25, 0.3) is 5.91 Å². The first-order valence-electron chi connectivity index (χ1n) is 13.8. The predicted octanol–water partition coefficient (Wildman–Crippen LogP) is -1.25. The molecular formula is C26H42N10O4. The molecule has 1 aliphatic heterocycles. The van der Waals surface area contributed by atoms with Crippen LogP contribution in [0.4, 0.5) is 0 Å². The number of nitrogens with two attached hydrogens (primary N) is 1. The van der Waals surface area contributed by atoms with Crippen LogP contribution < -0.4 is 21.7 Å². The summed E-state index contributed by atoms with van der Waals surface area (Å²) in [4.78, 5) is 64.8. The molecule has 1 aliphatic carbocycles. The van der Waals surface area contributed by atoms with E-state index in [1.165, 1.54) is 18.6 Å². The third-order valence-corrected chi connectivity index (χ3v) is 6.96. The molecule has 3 rings (SSSR count). The van der Waals surface area contributed by atoms with Gasteiger partial charge >= 0.3 is 0 Å². The molecule has 14 heteroatoms. The van der Waals surface area contributed by atoms with Crippen LogP contribution in [0, 0.1) is 11.3 Å². The molecule has 220 valence electrons. The molecule has 1 saturated carbocycles. The Balaban J connectivity index is 1.59. The standard InChI is InChI=1S/C26H42N10O4/c1-34(2)12-7-22(37)33-20(14-23(38)32-15-18-4-3-11-35(17-18)26(27)28)25(40)36(19-5-6-19)13-10-31-24(39)21-16-29-8-9-30-21/h8-9,16,18-20H,3-7,10-15,17H2,1-2H3,(H3,27,28)(H,31,39)(H,32,38)(H,33,37)/t18-,20-/m0/s1. The Kier molecular flexibility index (Phi) is 11.6. The number of amides is 4. The lowest BCUT2D eigenvalue weighted by molar-refractivity contribution is -0.139. The predicted molar refractivity (Wildman–Crippen MR) is 148 cm³/mol. The van der Waals surface area contributed by atoms with Crippen molar-refractivity contribution < 1.29 is 19.2 Å². The van der Waals surface area contributed by atoms with Gasteiger partial charge in [0.15, 0.2) is 5.96 Å². The number of guanidine groups is 1. The van der Waals surface area contributed by atoms with Gasteiger partial charge in [-0.2, -0.15) is 0 Å². The number of nitrogens with one attached hydrogen (secondary N) is 4. The van der Waals surface area contributed by atoms with Crippen molar-refractivity contribution >= 4 is 29.6 Å². The molecule has 1 aromatic rings. The molecular weight excluding hydrogens is 516 g/mol. The Morgan fingerprint density at radius 1 is 1.12 bits per heavy atom. The number of aromatic nitrogens is 2. The lowest BCUT2D eigenvalue weighted by atomic mass is 9.98. The SMILES string of the molecule is CN(C)CCC(=O)N[C@@H](CC(=O)NC[C@@H]1CCCN(C(=N)N)C1)C(=O)N(CCNC(=O)c1cnccn1)C1CC1. The molecule has 2 atom stereocenters. The second-order valence-corrected chi connectivity index (χ2v) is 10.6. The number of hydrogen-bond acceptors (Lipinski definition) is 8. The van der Waals surface area contributed by atoms with Crippen molar-refractivity contribution in [2.75, 3.05) is 53.4 Å². The van der Waals surface area contributed by atoms with Crippen molar-refractivity contribution in [3.05, 3.63) is 24.3 Å². The van der Waals surface area contributed by atoms with Crippen LogP contribution in [0.3, 0.4) is 0 Å². The summed E-state index contributed by atoms with van der Waals surface area (Å²) in [6.07, 6.45) is 7.71. The molecule has 6 N–H and O–H groups in total. The molecule has 2 aliphatic rings. The Morgan fingerprint density at radius 3 is 2.55 bits per heavy atom. The Labute approximate surface area is 234 Å². The van der Waals surface area contributed by atoms with Crippen LogP contribution in [-0.4, -0.2) is 120 Å². The van der Waals surface area contributed by atoms with Crippen molar-refractivity contribution in [3.8, 4) is 0 Å². The van der Waals surface area contributed by atoms with Gasteiger partial charge in [-0.25, -0.2) is 4.98 Å². The van der Waals surface area contributed by atoms with Gasteiger partial charge in [-0.05, 0) is 45.7 Å². The van der Waals surface area contributed by atoms with Gasteiger partial charge in [-0.15, -0.1) is 0 Å². The highest BCUT2D eigenvalue weighted by Crippen LogP contribution is 2.27. The number of likely N-dealkylation sites (tertiary alicyclic amines) is 1. The first-order chi connectivity index (χ1) is 19.1. The summed E-state index contributed by atoms with van der Waals surface area (Å²) in [6, 6.07) is -1.02. The number of piperidine rings is 1. The molecule has 1 aromatic heterocycles. The van der Waals surface area contributed by atoms with Gasteiger partial charge in [0.05, 0.1) is 12.6 Å². The van der Waals surface area contributed by atoms with E-state index in [0.717, 1.165) is 32.2 Å². The minimum Gasteiger partial charge on any atom is -0.370 e. The Bertz CT molecular complexity index is 1030. The zero-order valence-corrected chi connectivity index (χ0v) is 23.4. The monoisotopic (exact) mass is 558 g/mol. The van der Waals surface area contributed by atoms with Gasteiger partial charge in [0.1, 0.15) is 11.7 Å². The van der Waals surface area contributed by atoms with E-state index in [0.29, 0.717) is 19.6 Å². The van der Waals surface area contributed by atoms with Crippen molar-refractivity contribution in [2.24, 2.45) is 11.7 Å². The summed E-state index contributed by atoms with van der Waals surface area (Å²) < 4.78 is 0. The van der Waals surface area contributed by atoms with Gasteiger partial charge in [0, 0.05) is 64.1 Å². The topological polar surface area (TPSA) is 190 Å². The fraction of sp³-hybridized carbons (Fsp3) is 0.654. The molecule has 4 amide bonds. The normalized spacial score (nSPS) is 17.6. The summed E-state index contributed by atoms with van der Waals surface area (Å²) in [5, 5.41) is 16.1. The third kappa shape index (κ3) is 10.1.